The number of piperidine rings is 1. The highest BCUT2D eigenvalue weighted by Gasteiger charge is 2.56. The number of benzene rings is 1. The third kappa shape index (κ3) is 3.39. The fourth-order valence-electron chi connectivity index (χ4n) is 5.05. The van der Waals surface area contributed by atoms with Crippen molar-refractivity contribution >= 4 is 0 Å². The van der Waals surface area contributed by atoms with E-state index in [9.17, 15) is 0 Å². The van der Waals surface area contributed by atoms with Gasteiger partial charge in [0.25, 0.3) is 0 Å². The Bertz CT molecular complexity index is 808. The lowest BCUT2D eigenvalue weighted by Gasteiger charge is -2.29. The number of ether oxygens (including phenoxy) is 1. The van der Waals surface area contributed by atoms with Crippen LogP contribution in [0.4, 0.5) is 0 Å². The molecule has 5 heteroatoms. The van der Waals surface area contributed by atoms with Gasteiger partial charge in [0.1, 0.15) is 11.6 Å². The van der Waals surface area contributed by atoms with Gasteiger partial charge in [-0.25, -0.2) is 4.98 Å². The molecule has 1 aromatic heterocycles. The van der Waals surface area contributed by atoms with Crippen molar-refractivity contribution in [2.45, 2.75) is 44.7 Å². The van der Waals surface area contributed by atoms with E-state index in [1.807, 2.05) is 6.20 Å². The normalized spacial score (nSPS) is 22.8. The molecule has 5 nitrogen and oxygen atoms in total. The Labute approximate surface area is 161 Å². The van der Waals surface area contributed by atoms with Gasteiger partial charge in [0, 0.05) is 38.4 Å². The average molecular weight is 367 g/mol. The Kier molecular flexibility index (Phi) is 4.44. The minimum absolute atomic E-state index is 0.558. The molecule has 5 rings (SSSR count). The number of rotatable bonds is 6. The fourth-order valence-corrected chi connectivity index (χ4v) is 5.05. The predicted octanol–water partition coefficient (Wildman–Crippen LogP) is 2.54. The largest absolute Gasteiger partial charge is 0.493 e. The number of nitrogens with zero attached hydrogens (tertiary/aromatic N) is 3. The zero-order chi connectivity index (χ0) is 18.3. The number of aryl methyl sites for hydroxylation is 1. The van der Waals surface area contributed by atoms with Gasteiger partial charge in [0.2, 0.25) is 0 Å². The molecule has 3 aliphatic rings. The Balaban J connectivity index is 1.30. The fraction of sp³-hybridized carbons (Fsp3) is 0.591. The molecule has 0 bridgehead atoms. The molecule has 1 spiro atoms. The SMILES string of the molecule is Cn1ccnc1CN(CCc1ccc2c(c1)CCO2)C1CC12CCNCC2. The number of hydrogen-bond donors (Lipinski definition) is 1. The van der Waals surface area contributed by atoms with Crippen LogP contribution >= 0.6 is 0 Å². The summed E-state index contributed by atoms with van der Waals surface area (Å²) < 4.78 is 7.82. The summed E-state index contributed by atoms with van der Waals surface area (Å²) in [5.74, 6) is 2.26. The van der Waals surface area contributed by atoms with Gasteiger partial charge in [-0.2, -0.15) is 0 Å². The van der Waals surface area contributed by atoms with Crippen LogP contribution in [0.1, 0.15) is 36.2 Å². The summed E-state index contributed by atoms with van der Waals surface area (Å²) in [6, 6.07) is 7.48. The molecule has 0 amide bonds. The third-order valence-corrected chi connectivity index (χ3v) is 6.89. The van der Waals surface area contributed by atoms with E-state index in [0.29, 0.717) is 11.5 Å². The highest BCUT2D eigenvalue weighted by atomic mass is 16.5. The molecule has 27 heavy (non-hydrogen) atoms. The van der Waals surface area contributed by atoms with E-state index in [4.69, 9.17) is 4.74 Å². The third-order valence-electron chi connectivity index (χ3n) is 6.89. The second-order valence-corrected chi connectivity index (χ2v) is 8.55. The molecule has 144 valence electrons. The molecule has 0 radical (unpaired) electrons. The summed E-state index contributed by atoms with van der Waals surface area (Å²) in [5.41, 5.74) is 3.37. The lowest BCUT2D eigenvalue weighted by molar-refractivity contribution is 0.192. The van der Waals surface area contributed by atoms with Crippen molar-refractivity contribution < 1.29 is 4.74 Å². The molecule has 2 aliphatic heterocycles. The van der Waals surface area contributed by atoms with E-state index in [1.165, 1.54) is 49.3 Å². The Morgan fingerprint density at radius 3 is 3.04 bits per heavy atom. The second-order valence-electron chi connectivity index (χ2n) is 8.55. The first-order chi connectivity index (χ1) is 13.2. The van der Waals surface area contributed by atoms with Crippen LogP contribution in [0.25, 0.3) is 0 Å². The van der Waals surface area contributed by atoms with Crippen molar-refractivity contribution in [1.82, 2.24) is 19.8 Å². The molecule has 1 atom stereocenters. The Hall–Kier alpha value is -1.85. The number of hydrogen-bond acceptors (Lipinski definition) is 4. The highest BCUT2D eigenvalue weighted by molar-refractivity contribution is 5.39. The molecular formula is C22H30N4O. The maximum atomic E-state index is 5.66. The quantitative estimate of drug-likeness (QED) is 0.853. The van der Waals surface area contributed by atoms with Crippen molar-refractivity contribution in [3.05, 3.63) is 47.5 Å². The first kappa shape index (κ1) is 17.3. The van der Waals surface area contributed by atoms with E-state index < -0.39 is 0 Å². The lowest BCUT2D eigenvalue weighted by atomic mass is 9.93. The Morgan fingerprint density at radius 2 is 2.22 bits per heavy atom. The van der Waals surface area contributed by atoms with Gasteiger partial charge in [0.15, 0.2) is 0 Å². The maximum absolute atomic E-state index is 5.66. The van der Waals surface area contributed by atoms with E-state index in [2.05, 4.69) is 51.2 Å². The summed E-state index contributed by atoms with van der Waals surface area (Å²) in [7, 11) is 2.11. The monoisotopic (exact) mass is 366 g/mol. The van der Waals surface area contributed by atoms with Gasteiger partial charge in [-0.3, -0.25) is 4.90 Å². The van der Waals surface area contributed by atoms with E-state index in [1.54, 1.807) is 0 Å². The van der Waals surface area contributed by atoms with Crippen LogP contribution in [0.15, 0.2) is 30.6 Å². The summed E-state index contributed by atoms with van der Waals surface area (Å²) >= 11 is 0. The zero-order valence-corrected chi connectivity index (χ0v) is 16.3. The second kappa shape index (κ2) is 6.95. The van der Waals surface area contributed by atoms with Crippen LogP contribution < -0.4 is 10.1 Å². The van der Waals surface area contributed by atoms with Crippen molar-refractivity contribution in [3.63, 3.8) is 0 Å². The van der Waals surface area contributed by atoms with Crippen LogP contribution in [-0.4, -0.2) is 46.7 Å². The highest BCUT2D eigenvalue weighted by Crippen LogP contribution is 2.56. The van der Waals surface area contributed by atoms with E-state index in [-0.39, 0.29) is 0 Å². The van der Waals surface area contributed by atoms with Crippen molar-refractivity contribution in [1.29, 1.82) is 0 Å². The summed E-state index contributed by atoms with van der Waals surface area (Å²) in [6.07, 6.45) is 10.1. The standard InChI is InChI=1S/C22H30N4O/c1-25-12-10-24-21(25)16-26(20-15-22(20)6-8-23-9-7-22)11-4-17-2-3-19-18(14-17)5-13-27-19/h2-3,10,12,14,20,23H,4-9,11,13,15-16H2,1H3. The van der Waals surface area contributed by atoms with Crippen LogP contribution in [0, 0.1) is 5.41 Å². The van der Waals surface area contributed by atoms with Gasteiger partial charge >= 0.3 is 0 Å². The van der Waals surface area contributed by atoms with E-state index >= 15 is 0 Å². The summed E-state index contributed by atoms with van der Waals surface area (Å²) in [4.78, 5) is 7.30. The molecule has 2 fully saturated rings. The van der Waals surface area contributed by atoms with Gasteiger partial charge < -0.3 is 14.6 Å². The molecule has 1 N–H and O–H groups in total. The first-order valence-corrected chi connectivity index (χ1v) is 10.4. The number of imidazole rings is 1. The molecule has 1 aliphatic carbocycles. The molecule has 2 aromatic rings. The van der Waals surface area contributed by atoms with Crippen LogP contribution in [0.3, 0.4) is 0 Å². The van der Waals surface area contributed by atoms with Gasteiger partial charge in [-0.1, -0.05) is 12.1 Å². The number of aromatic nitrogens is 2. The minimum atomic E-state index is 0.558. The number of nitrogens with one attached hydrogen (secondary N) is 1. The van der Waals surface area contributed by atoms with Crippen molar-refractivity contribution in [2.24, 2.45) is 12.5 Å². The van der Waals surface area contributed by atoms with Gasteiger partial charge in [0.05, 0.1) is 13.2 Å². The van der Waals surface area contributed by atoms with Gasteiger partial charge in [-0.05, 0) is 61.4 Å². The summed E-state index contributed by atoms with van der Waals surface area (Å²) in [6.45, 7) is 5.25. The van der Waals surface area contributed by atoms with Crippen LogP contribution in [0.2, 0.25) is 0 Å². The minimum Gasteiger partial charge on any atom is -0.493 e. The lowest BCUT2D eigenvalue weighted by Crippen LogP contribution is -2.37. The molecule has 1 saturated carbocycles. The van der Waals surface area contributed by atoms with Crippen LogP contribution in [0.5, 0.6) is 5.75 Å². The Morgan fingerprint density at radius 1 is 1.33 bits per heavy atom. The molecule has 1 unspecified atom stereocenters. The number of fused-ring (bicyclic) bond motifs is 1. The molecule has 1 saturated heterocycles. The van der Waals surface area contributed by atoms with E-state index in [0.717, 1.165) is 38.3 Å². The zero-order valence-electron chi connectivity index (χ0n) is 16.3. The predicted molar refractivity (Wildman–Crippen MR) is 106 cm³/mol. The van der Waals surface area contributed by atoms with Crippen molar-refractivity contribution in [3.8, 4) is 5.75 Å². The first-order valence-electron chi connectivity index (χ1n) is 10.4. The smallest absolute Gasteiger partial charge is 0.122 e. The van der Waals surface area contributed by atoms with Crippen molar-refractivity contribution in [2.75, 3.05) is 26.2 Å². The molecule has 1 aromatic carbocycles. The summed E-state index contributed by atoms with van der Waals surface area (Å²) in [5, 5.41) is 3.53. The van der Waals surface area contributed by atoms with Gasteiger partial charge in [-0.15, -0.1) is 0 Å². The molecule has 3 heterocycles. The van der Waals surface area contributed by atoms with Crippen LogP contribution in [-0.2, 0) is 26.4 Å². The molecular weight excluding hydrogens is 336 g/mol. The average Bonchev–Trinajstić information content (AvgIpc) is 3.02. The topological polar surface area (TPSA) is 42.3 Å². The maximum Gasteiger partial charge on any atom is 0.122 e.